The molecule has 3 aromatic rings. The van der Waals surface area contributed by atoms with Crippen molar-refractivity contribution >= 4 is 34.1 Å². The molecule has 32 heavy (non-hydrogen) atoms. The van der Waals surface area contributed by atoms with Gasteiger partial charge < -0.3 is 14.9 Å². The highest BCUT2D eigenvalue weighted by molar-refractivity contribution is 7.99. The molecule has 1 amide bonds. The molecule has 7 heteroatoms. The van der Waals surface area contributed by atoms with Crippen molar-refractivity contribution in [2.75, 3.05) is 16.8 Å². The molecule has 1 aromatic heterocycles. The number of carbonyl (C=O) groups excluding carboxylic acids is 1. The maximum atomic E-state index is 13.3. The lowest BCUT2D eigenvalue weighted by molar-refractivity contribution is -0.133. The van der Waals surface area contributed by atoms with Crippen molar-refractivity contribution in [2.45, 2.75) is 32.3 Å². The molecule has 1 unspecified atom stereocenters. The number of benzene rings is 2. The van der Waals surface area contributed by atoms with Gasteiger partial charge in [-0.25, -0.2) is 4.79 Å². The Bertz CT molecular complexity index is 1280. The zero-order valence-corrected chi connectivity index (χ0v) is 18.8. The molecule has 1 atom stereocenters. The number of rotatable bonds is 3. The van der Waals surface area contributed by atoms with E-state index in [2.05, 4.69) is 22.3 Å². The largest absolute Gasteiger partial charge is 0.369 e. The van der Waals surface area contributed by atoms with Gasteiger partial charge in [-0.15, -0.1) is 0 Å². The second kappa shape index (κ2) is 9.19. The van der Waals surface area contributed by atoms with Gasteiger partial charge in [-0.2, -0.15) is 11.8 Å². The van der Waals surface area contributed by atoms with Gasteiger partial charge in [0.1, 0.15) is 0 Å². The second-order valence-electron chi connectivity index (χ2n) is 8.04. The topological polar surface area (TPSA) is 92.4 Å². The number of aliphatic hydroxyl groups is 1. The summed E-state index contributed by atoms with van der Waals surface area (Å²) in [6, 6.07) is 12.5. The van der Waals surface area contributed by atoms with Gasteiger partial charge in [0.25, 0.3) is 5.91 Å². The van der Waals surface area contributed by atoms with Crippen molar-refractivity contribution in [3.63, 3.8) is 0 Å². The summed E-state index contributed by atoms with van der Waals surface area (Å²) in [6.07, 6.45) is 1.41. The number of nitrogens with one attached hydrogen (secondary N) is 1. The van der Waals surface area contributed by atoms with Crippen LogP contribution in [0.3, 0.4) is 0 Å². The first-order chi connectivity index (χ1) is 15.4. The number of hydrogen-bond acceptors (Lipinski definition) is 6. The third kappa shape index (κ3) is 4.57. The summed E-state index contributed by atoms with van der Waals surface area (Å²) in [5.41, 5.74) is 0.434. The molecule has 2 N–H and O–H groups in total. The molecule has 0 bridgehead atoms. The van der Waals surface area contributed by atoms with Crippen LogP contribution in [0.2, 0.25) is 0 Å². The Balaban J connectivity index is 1.68. The lowest BCUT2D eigenvalue weighted by atomic mass is 9.82. The van der Waals surface area contributed by atoms with Crippen LogP contribution in [0.4, 0.5) is 5.69 Å². The van der Waals surface area contributed by atoms with Crippen LogP contribution in [0, 0.1) is 31.6 Å². The molecule has 0 aliphatic carbocycles. The van der Waals surface area contributed by atoms with E-state index in [-0.39, 0.29) is 5.92 Å². The molecular weight excluding hydrogens is 424 g/mol. The molecule has 1 fully saturated rings. The minimum atomic E-state index is -1.83. The van der Waals surface area contributed by atoms with E-state index in [0.29, 0.717) is 35.0 Å². The van der Waals surface area contributed by atoms with E-state index in [1.807, 2.05) is 43.0 Å². The third-order valence-corrected chi connectivity index (χ3v) is 6.78. The Morgan fingerprint density at radius 2 is 1.97 bits per heavy atom. The van der Waals surface area contributed by atoms with Gasteiger partial charge in [0.15, 0.2) is 0 Å². The Morgan fingerprint density at radius 3 is 2.72 bits per heavy atom. The first-order valence-electron chi connectivity index (χ1n) is 10.5. The van der Waals surface area contributed by atoms with Crippen LogP contribution in [0.5, 0.6) is 0 Å². The molecule has 2 heterocycles. The predicted octanol–water partition coefficient (Wildman–Crippen LogP) is 3.67. The highest BCUT2D eigenvalue weighted by Crippen LogP contribution is 2.33. The lowest BCUT2D eigenvalue weighted by Crippen LogP contribution is -2.49. The minimum absolute atomic E-state index is 0.267. The monoisotopic (exact) mass is 448 g/mol. The van der Waals surface area contributed by atoms with E-state index < -0.39 is 17.1 Å². The number of aromatic nitrogens is 1. The summed E-state index contributed by atoms with van der Waals surface area (Å²) in [5.74, 6) is 6.82. The lowest BCUT2D eigenvalue weighted by Gasteiger charge is -2.33. The second-order valence-corrected chi connectivity index (χ2v) is 9.27. The minimum Gasteiger partial charge on any atom is -0.369 e. The van der Waals surface area contributed by atoms with E-state index in [0.717, 1.165) is 22.6 Å². The van der Waals surface area contributed by atoms with Crippen LogP contribution in [-0.2, 0) is 4.79 Å². The van der Waals surface area contributed by atoms with Gasteiger partial charge in [-0.1, -0.05) is 29.1 Å². The Hall–Kier alpha value is -3.08. The van der Waals surface area contributed by atoms with Crippen molar-refractivity contribution in [2.24, 2.45) is 5.92 Å². The molecule has 0 radical (unpaired) electrons. The normalized spacial score (nSPS) is 16.1. The number of fused-ring (bicyclic) bond motifs is 1. The highest BCUT2D eigenvalue weighted by atomic mass is 32.2. The highest BCUT2D eigenvalue weighted by Gasteiger charge is 2.43. The summed E-state index contributed by atoms with van der Waals surface area (Å²) in [4.78, 5) is 25.2. The fraction of sp³-hybridized carbons (Fsp3) is 0.320. The molecule has 1 aliphatic rings. The number of carbonyl (C=O) groups is 1. The number of aryl methyl sites for hydroxylation is 2. The maximum Gasteiger partial charge on any atom is 0.366 e. The van der Waals surface area contributed by atoms with Crippen molar-refractivity contribution in [3.05, 3.63) is 69.7 Å². The van der Waals surface area contributed by atoms with Gasteiger partial charge in [-0.05, 0) is 74.1 Å². The van der Waals surface area contributed by atoms with Gasteiger partial charge in [0.2, 0.25) is 5.60 Å². The predicted molar refractivity (Wildman–Crippen MR) is 127 cm³/mol. The number of nitrogens with zero attached hydrogens (tertiary/aromatic N) is 1. The van der Waals surface area contributed by atoms with Gasteiger partial charge in [0, 0.05) is 22.6 Å². The SMILES string of the molecule is Cc1cccc(C#CC(O)(C(=O)Nc2ccc3c(=O)onc(C)c3c2)C2CCSCC2)c1. The zero-order chi connectivity index (χ0) is 22.7. The van der Waals surface area contributed by atoms with Crippen LogP contribution in [0.15, 0.2) is 51.8 Å². The fourth-order valence-electron chi connectivity index (χ4n) is 3.88. The van der Waals surface area contributed by atoms with Crippen molar-refractivity contribution < 1.29 is 14.4 Å². The van der Waals surface area contributed by atoms with E-state index in [1.54, 1.807) is 25.1 Å². The van der Waals surface area contributed by atoms with Gasteiger partial charge in [0.05, 0.1) is 11.1 Å². The molecule has 164 valence electrons. The number of hydrogen-bond donors (Lipinski definition) is 2. The third-order valence-electron chi connectivity index (χ3n) is 5.73. The van der Waals surface area contributed by atoms with Crippen LogP contribution >= 0.6 is 11.8 Å². The molecule has 1 aliphatic heterocycles. The van der Waals surface area contributed by atoms with Crippen molar-refractivity contribution in [3.8, 4) is 11.8 Å². The molecule has 0 spiro atoms. The Kier molecular flexibility index (Phi) is 6.35. The van der Waals surface area contributed by atoms with Crippen LogP contribution in [0.25, 0.3) is 10.8 Å². The van der Waals surface area contributed by atoms with Gasteiger partial charge >= 0.3 is 5.63 Å². The summed E-state index contributed by atoms with van der Waals surface area (Å²) in [7, 11) is 0. The first-order valence-corrected chi connectivity index (χ1v) is 11.6. The molecule has 6 nitrogen and oxygen atoms in total. The maximum absolute atomic E-state index is 13.3. The average Bonchev–Trinajstić information content (AvgIpc) is 2.80. The smallest absolute Gasteiger partial charge is 0.366 e. The van der Waals surface area contributed by atoms with Gasteiger partial charge in [-0.3, -0.25) is 4.79 Å². The van der Waals surface area contributed by atoms with Crippen molar-refractivity contribution in [1.82, 2.24) is 5.16 Å². The number of thioether (sulfide) groups is 1. The van der Waals surface area contributed by atoms with E-state index in [9.17, 15) is 14.7 Å². The number of anilines is 1. The van der Waals surface area contributed by atoms with Crippen LogP contribution < -0.4 is 10.9 Å². The molecule has 1 saturated heterocycles. The van der Waals surface area contributed by atoms with E-state index >= 15 is 0 Å². The van der Waals surface area contributed by atoms with Crippen LogP contribution in [-0.4, -0.2) is 33.3 Å². The van der Waals surface area contributed by atoms with Crippen molar-refractivity contribution in [1.29, 1.82) is 0 Å². The zero-order valence-electron chi connectivity index (χ0n) is 18.0. The van der Waals surface area contributed by atoms with Crippen LogP contribution in [0.1, 0.15) is 29.7 Å². The summed E-state index contributed by atoms with van der Waals surface area (Å²) in [5, 5.41) is 19.1. The Morgan fingerprint density at radius 1 is 1.19 bits per heavy atom. The molecule has 0 saturated carbocycles. The first kappa shape index (κ1) is 22.1. The standard InChI is InChI=1S/C25H24N2O4S/c1-16-4-3-5-18(14-16)8-11-25(30,19-9-12-32-13-10-19)24(29)26-20-6-7-21-22(15-20)17(2)27-31-23(21)28/h3-7,14-15,19,30H,9-10,12-13H2,1-2H3,(H,26,29). The molecule has 2 aromatic carbocycles. The average molecular weight is 449 g/mol. The summed E-state index contributed by atoms with van der Waals surface area (Å²) in [6.45, 7) is 3.69. The van der Waals surface area contributed by atoms with E-state index in [1.165, 1.54) is 0 Å². The van der Waals surface area contributed by atoms with E-state index in [4.69, 9.17) is 4.52 Å². The molecular formula is C25H24N2O4S. The molecule has 4 rings (SSSR count). The quantitative estimate of drug-likeness (QED) is 0.594. The Labute approximate surface area is 190 Å². The summed E-state index contributed by atoms with van der Waals surface area (Å²) >= 11 is 1.81. The summed E-state index contributed by atoms with van der Waals surface area (Å²) < 4.78 is 4.75. The fourth-order valence-corrected chi connectivity index (χ4v) is 4.99. The number of amides is 1.